The zero-order valence-electron chi connectivity index (χ0n) is 8.86. The van der Waals surface area contributed by atoms with Gasteiger partial charge in [-0.25, -0.2) is 0 Å². The highest BCUT2D eigenvalue weighted by atomic mass is 79.9. The van der Waals surface area contributed by atoms with Gasteiger partial charge in [-0.3, -0.25) is 0 Å². The monoisotopic (exact) mass is 328 g/mol. The van der Waals surface area contributed by atoms with Crippen LogP contribution in [-0.4, -0.2) is 5.11 Å². The highest BCUT2D eigenvalue weighted by molar-refractivity contribution is 9.10. The Morgan fingerprint density at radius 1 is 1.12 bits per heavy atom. The zero-order valence-corrected chi connectivity index (χ0v) is 12.0. The summed E-state index contributed by atoms with van der Waals surface area (Å²) in [5.74, 6) is 1.00. The van der Waals surface area contributed by atoms with Crippen LogP contribution in [0.3, 0.4) is 0 Å². The Morgan fingerprint density at radius 3 is 2.53 bits per heavy atom. The van der Waals surface area contributed by atoms with Crippen LogP contribution < -0.4 is 0 Å². The Kier molecular flexibility index (Phi) is 4.37. The largest absolute Gasteiger partial charge is 0.507 e. The minimum absolute atomic E-state index is 0.221. The predicted octanol–water partition coefficient (Wildman–Crippen LogP) is 5.10. The lowest BCUT2D eigenvalue weighted by molar-refractivity contribution is 0.462. The second-order valence-electron chi connectivity index (χ2n) is 3.48. The molecule has 2 aromatic rings. The minimum atomic E-state index is 0.221. The number of rotatable bonds is 3. The Balaban J connectivity index is 2.17. The highest BCUT2D eigenvalue weighted by Gasteiger charge is 2.10. The normalized spacial score (nSPS) is 10.5. The average molecular weight is 330 g/mol. The quantitative estimate of drug-likeness (QED) is 0.791. The van der Waals surface area contributed by atoms with Gasteiger partial charge in [0.1, 0.15) is 5.75 Å². The van der Waals surface area contributed by atoms with Crippen molar-refractivity contribution in [3.05, 3.63) is 57.5 Å². The summed E-state index contributed by atoms with van der Waals surface area (Å²) in [6.07, 6.45) is 0. The number of benzene rings is 2. The number of aromatic hydroxyl groups is 1. The van der Waals surface area contributed by atoms with E-state index in [1.165, 1.54) is 17.3 Å². The van der Waals surface area contributed by atoms with Crippen molar-refractivity contribution in [2.75, 3.05) is 0 Å². The van der Waals surface area contributed by atoms with Gasteiger partial charge in [-0.2, -0.15) is 0 Å². The average Bonchev–Trinajstić information content (AvgIpc) is 2.35. The van der Waals surface area contributed by atoms with E-state index in [1.807, 2.05) is 18.2 Å². The molecule has 0 saturated carbocycles. The van der Waals surface area contributed by atoms with Crippen LogP contribution in [-0.2, 0) is 5.75 Å². The van der Waals surface area contributed by atoms with E-state index in [4.69, 9.17) is 11.6 Å². The first-order valence-electron chi connectivity index (χ1n) is 5.02. The summed E-state index contributed by atoms with van der Waals surface area (Å²) in [4.78, 5) is 0.713. The van der Waals surface area contributed by atoms with Crippen molar-refractivity contribution in [2.45, 2.75) is 10.6 Å². The molecule has 0 saturated heterocycles. The number of thioether (sulfide) groups is 1. The van der Waals surface area contributed by atoms with Crippen LogP contribution >= 0.6 is 39.3 Å². The van der Waals surface area contributed by atoms with Crippen LogP contribution in [0, 0.1) is 0 Å². The van der Waals surface area contributed by atoms with Crippen molar-refractivity contribution in [3.63, 3.8) is 0 Å². The Hall–Kier alpha value is -0.640. The molecule has 88 valence electrons. The summed E-state index contributed by atoms with van der Waals surface area (Å²) < 4.78 is 0.799. The first-order valence-corrected chi connectivity index (χ1v) is 7.18. The summed E-state index contributed by atoms with van der Waals surface area (Å²) >= 11 is 11.0. The topological polar surface area (TPSA) is 20.2 Å². The zero-order chi connectivity index (χ0) is 12.3. The minimum Gasteiger partial charge on any atom is -0.507 e. The van der Waals surface area contributed by atoms with Crippen LogP contribution in [0.1, 0.15) is 5.56 Å². The van der Waals surface area contributed by atoms with Crippen molar-refractivity contribution in [1.29, 1.82) is 0 Å². The van der Waals surface area contributed by atoms with Crippen LogP contribution in [0.5, 0.6) is 5.75 Å². The molecule has 0 aromatic heterocycles. The van der Waals surface area contributed by atoms with E-state index in [2.05, 4.69) is 28.1 Å². The Bertz CT molecular complexity index is 516. The van der Waals surface area contributed by atoms with E-state index in [0.717, 1.165) is 10.2 Å². The first kappa shape index (κ1) is 12.8. The van der Waals surface area contributed by atoms with Crippen molar-refractivity contribution in [1.82, 2.24) is 0 Å². The van der Waals surface area contributed by atoms with Gasteiger partial charge in [0.15, 0.2) is 0 Å². The first-order chi connectivity index (χ1) is 8.18. The Labute approximate surface area is 118 Å². The number of phenols is 1. The lowest BCUT2D eigenvalue weighted by Gasteiger charge is -2.08. The molecule has 0 fully saturated rings. The fourth-order valence-electron chi connectivity index (χ4n) is 1.39. The van der Waals surface area contributed by atoms with Gasteiger partial charge in [-0.05, 0) is 33.6 Å². The van der Waals surface area contributed by atoms with Gasteiger partial charge in [-0.15, -0.1) is 11.8 Å². The highest BCUT2D eigenvalue weighted by Crippen LogP contribution is 2.40. The van der Waals surface area contributed by atoms with Gasteiger partial charge in [0.2, 0.25) is 0 Å². The second-order valence-corrected chi connectivity index (χ2v) is 5.70. The molecule has 1 nitrogen and oxygen atoms in total. The number of halogens is 2. The maximum Gasteiger partial charge on any atom is 0.130 e. The fourth-order valence-corrected chi connectivity index (χ4v) is 3.13. The Morgan fingerprint density at radius 2 is 1.82 bits per heavy atom. The summed E-state index contributed by atoms with van der Waals surface area (Å²) in [5.41, 5.74) is 1.20. The molecule has 0 aliphatic carbocycles. The summed E-state index contributed by atoms with van der Waals surface area (Å²) in [5, 5.41) is 10.3. The summed E-state index contributed by atoms with van der Waals surface area (Å²) in [6, 6.07) is 13.5. The van der Waals surface area contributed by atoms with Crippen molar-refractivity contribution in [2.24, 2.45) is 0 Å². The summed E-state index contributed by atoms with van der Waals surface area (Å²) in [7, 11) is 0. The van der Waals surface area contributed by atoms with Gasteiger partial charge < -0.3 is 5.11 Å². The van der Waals surface area contributed by atoms with Gasteiger partial charge in [0.25, 0.3) is 0 Å². The molecule has 17 heavy (non-hydrogen) atoms. The molecule has 0 spiro atoms. The second kappa shape index (κ2) is 5.80. The van der Waals surface area contributed by atoms with Gasteiger partial charge in [0.05, 0.1) is 9.92 Å². The molecular formula is C13H10BrClOS. The lowest BCUT2D eigenvalue weighted by Crippen LogP contribution is -1.82. The van der Waals surface area contributed by atoms with Gasteiger partial charge in [0, 0.05) is 10.2 Å². The molecule has 0 atom stereocenters. The van der Waals surface area contributed by atoms with Crippen LogP contribution in [0.4, 0.5) is 0 Å². The SMILES string of the molecule is Oc1ccc(Br)c(Cl)c1SCc1ccccc1. The molecule has 1 N–H and O–H groups in total. The molecule has 0 amide bonds. The third kappa shape index (κ3) is 3.18. The number of phenolic OH excluding ortho intramolecular Hbond substituents is 1. The van der Waals surface area contributed by atoms with E-state index in [1.54, 1.807) is 12.1 Å². The summed E-state index contributed by atoms with van der Waals surface area (Å²) in [6.45, 7) is 0. The number of hydrogen-bond acceptors (Lipinski definition) is 2. The lowest BCUT2D eigenvalue weighted by atomic mass is 10.2. The molecule has 0 aliphatic rings. The smallest absolute Gasteiger partial charge is 0.130 e. The fraction of sp³-hybridized carbons (Fsp3) is 0.0769. The third-order valence-electron chi connectivity index (χ3n) is 2.26. The van der Waals surface area contributed by atoms with Gasteiger partial charge >= 0.3 is 0 Å². The van der Waals surface area contributed by atoms with Crippen molar-refractivity contribution < 1.29 is 5.11 Å². The van der Waals surface area contributed by atoms with E-state index in [-0.39, 0.29) is 5.75 Å². The molecule has 0 bridgehead atoms. The molecule has 2 aromatic carbocycles. The van der Waals surface area contributed by atoms with Crippen molar-refractivity contribution >= 4 is 39.3 Å². The van der Waals surface area contributed by atoms with E-state index < -0.39 is 0 Å². The molecular weight excluding hydrogens is 320 g/mol. The molecule has 4 heteroatoms. The molecule has 0 unspecified atom stereocenters. The van der Waals surface area contributed by atoms with E-state index >= 15 is 0 Å². The van der Waals surface area contributed by atoms with Crippen LogP contribution in [0.25, 0.3) is 0 Å². The molecule has 0 radical (unpaired) electrons. The molecule has 0 heterocycles. The number of hydrogen-bond donors (Lipinski definition) is 1. The maximum absolute atomic E-state index is 9.77. The van der Waals surface area contributed by atoms with E-state index in [9.17, 15) is 5.11 Å². The van der Waals surface area contributed by atoms with Crippen LogP contribution in [0.15, 0.2) is 51.8 Å². The standard InChI is InChI=1S/C13H10BrClOS/c14-10-6-7-11(16)13(12(10)15)17-8-9-4-2-1-3-5-9/h1-7,16H,8H2. The van der Waals surface area contributed by atoms with Crippen molar-refractivity contribution in [3.8, 4) is 5.75 Å². The van der Waals surface area contributed by atoms with Crippen LogP contribution in [0.2, 0.25) is 5.02 Å². The van der Waals surface area contributed by atoms with Gasteiger partial charge in [-0.1, -0.05) is 41.9 Å². The van der Waals surface area contributed by atoms with E-state index in [0.29, 0.717) is 9.92 Å². The third-order valence-corrected chi connectivity index (χ3v) is 4.83. The predicted molar refractivity (Wildman–Crippen MR) is 76.8 cm³/mol. The molecule has 2 rings (SSSR count). The maximum atomic E-state index is 9.77. The molecule has 0 aliphatic heterocycles.